The van der Waals surface area contributed by atoms with Crippen LogP contribution in [0.25, 0.3) is 0 Å². The van der Waals surface area contributed by atoms with Gasteiger partial charge in [0.2, 0.25) is 0 Å². The molecule has 140 valence electrons. The van der Waals surface area contributed by atoms with E-state index in [4.69, 9.17) is 4.99 Å². The fourth-order valence-corrected chi connectivity index (χ4v) is 3.73. The number of phenolic OH excluding ortho intramolecular Hbond substituents is 1. The first-order valence-electron chi connectivity index (χ1n) is 9.36. The van der Waals surface area contributed by atoms with Gasteiger partial charge in [0.25, 0.3) is 0 Å². The molecule has 1 aliphatic rings. The van der Waals surface area contributed by atoms with Gasteiger partial charge in [-0.1, -0.05) is 32.9 Å². The highest BCUT2D eigenvalue weighted by molar-refractivity contribution is 7.09. The molecule has 1 saturated heterocycles. The number of likely N-dealkylation sites (tertiary alicyclic amines) is 1. The van der Waals surface area contributed by atoms with Crippen LogP contribution in [-0.4, -0.2) is 29.1 Å². The van der Waals surface area contributed by atoms with Crippen LogP contribution >= 0.6 is 11.3 Å². The summed E-state index contributed by atoms with van der Waals surface area (Å²) in [6.45, 7) is 9.22. The lowest BCUT2D eigenvalue weighted by Gasteiger charge is -2.30. The van der Waals surface area contributed by atoms with Gasteiger partial charge in [-0.3, -0.25) is 0 Å². The van der Waals surface area contributed by atoms with Crippen LogP contribution in [0.15, 0.2) is 40.7 Å². The lowest BCUT2D eigenvalue weighted by atomic mass is 9.87. The number of aliphatic imine (C=N–C) groups is 1. The number of anilines is 1. The van der Waals surface area contributed by atoms with Crippen LogP contribution in [0.2, 0.25) is 0 Å². The molecule has 1 aromatic heterocycles. The van der Waals surface area contributed by atoms with Crippen molar-refractivity contribution in [2.24, 2.45) is 4.99 Å². The van der Waals surface area contributed by atoms with E-state index in [-0.39, 0.29) is 11.2 Å². The van der Waals surface area contributed by atoms with Gasteiger partial charge >= 0.3 is 0 Å². The van der Waals surface area contributed by atoms with Gasteiger partial charge in [0.15, 0.2) is 5.96 Å². The summed E-state index contributed by atoms with van der Waals surface area (Å²) in [6.07, 6.45) is 3.65. The van der Waals surface area contributed by atoms with Crippen molar-refractivity contribution in [1.29, 1.82) is 0 Å². The van der Waals surface area contributed by atoms with E-state index in [0.717, 1.165) is 24.7 Å². The van der Waals surface area contributed by atoms with E-state index in [1.165, 1.54) is 29.7 Å². The molecule has 0 amide bonds. The number of hydrogen-bond donors (Lipinski definition) is 2. The molecule has 2 aromatic rings. The van der Waals surface area contributed by atoms with Gasteiger partial charge in [-0.05, 0) is 53.8 Å². The number of hydrogen-bond acceptors (Lipinski definition) is 3. The third-order valence-electron chi connectivity index (χ3n) is 4.73. The topological polar surface area (TPSA) is 47.9 Å². The quantitative estimate of drug-likeness (QED) is 0.442. The molecule has 1 aromatic carbocycles. The van der Waals surface area contributed by atoms with Crippen LogP contribution in [0.4, 0.5) is 5.69 Å². The van der Waals surface area contributed by atoms with Crippen molar-refractivity contribution in [3.05, 3.63) is 46.2 Å². The smallest absolute Gasteiger partial charge is 0.198 e. The minimum Gasteiger partial charge on any atom is -0.506 e. The Bertz CT molecular complexity index is 741. The first-order valence-corrected chi connectivity index (χ1v) is 10.2. The SMILES string of the molecule is CC(C)(C)c1ccc(O)c(NC(=NCc2cccs2)N2CCCCC2)c1. The summed E-state index contributed by atoms with van der Waals surface area (Å²) >= 11 is 1.72. The predicted octanol–water partition coefficient (Wildman–Crippen LogP) is 5.21. The maximum atomic E-state index is 10.4. The summed E-state index contributed by atoms with van der Waals surface area (Å²) < 4.78 is 0. The Labute approximate surface area is 160 Å². The molecule has 0 saturated carbocycles. The van der Waals surface area contributed by atoms with E-state index in [9.17, 15) is 5.11 Å². The Balaban J connectivity index is 1.86. The standard InChI is InChI=1S/C21H29N3OS/c1-21(2,3)16-9-10-19(25)18(14-16)23-20(24-11-5-4-6-12-24)22-15-17-8-7-13-26-17/h7-10,13-14,25H,4-6,11-12,15H2,1-3H3,(H,22,23). The number of nitrogens with one attached hydrogen (secondary N) is 1. The molecular weight excluding hydrogens is 342 g/mol. The molecule has 0 spiro atoms. The third-order valence-corrected chi connectivity index (χ3v) is 5.59. The van der Waals surface area contributed by atoms with E-state index in [2.05, 4.69) is 48.5 Å². The van der Waals surface area contributed by atoms with Crippen LogP contribution in [0.3, 0.4) is 0 Å². The Morgan fingerprint density at radius 3 is 2.62 bits per heavy atom. The molecule has 2 heterocycles. The summed E-state index contributed by atoms with van der Waals surface area (Å²) in [6, 6.07) is 9.97. The van der Waals surface area contributed by atoms with Crippen LogP contribution in [0.1, 0.15) is 50.5 Å². The van der Waals surface area contributed by atoms with E-state index in [0.29, 0.717) is 6.54 Å². The van der Waals surface area contributed by atoms with Gasteiger partial charge in [0, 0.05) is 18.0 Å². The number of phenols is 1. The zero-order valence-electron chi connectivity index (χ0n) is 16.0. The fourth-order valence-electron chi connectivity index (χ4n) is 3.10. The van der Waals surface area contributed by atoms with Gasteiger partial charge in [-0.25, -0.2) is 4.99 Å². The van der Waals surface area contributed by atoms with Gasteiger partial charge in [0.05, 0.1) is 12.2 Å². The van der Waals surface area contributed by atoms with E-state index >= 15 is 0 Å². The lowest BCUT2D eigenvalue weighted by molar-refractivity contribution is 0.340. The van der Waals surface area contributed by atoms with Crippen LogP contribution in [-0.2, 0) is 12.0 Å². The van der Waals surface area contributed by atoms with Crippen molar-refractivity contribution in [3.8, 4) is 5.75 Å². The Hall–Kier alpha value is -2.01. The zero-order chi connectivity index (χ0) is 18.6. The first kappa shape index (κ1) is 18.8. The highest BCUT2D eigenvalue weighted by Crippen LogP contribution is 2.31. The monoisotopic (exact) mass is 371 g/mol. The van der Waals surface area contributed by atoms with Crippen molar-refractivity contribution < 1.29 is 5.11 Å². The molecule has 0 atom stereocenters. The molecule has 0 radical (unpaired) electrons. The predicted molar refractivity (Wildman–Crippen MR) is 111 cm³/mol. The number of rotatable bonds is 3. The molecule has 0 unspecified atom stereocenters. The van der Waals surface area contributed by atoms with Gasteiger partial charge in [-0.2, -0.15) is 0 Å². The largest absolute Gasteiger partial charge is 0.506 e. The highest BCUT2D eigenvalue weighted by Gasteiger charge is 2.19. The minimum absolute atomic E-state index is 0.0313. The molecule has 4 nitrogen and oxygen atoms in total. The molecule has 26 heavy (non-hydrogen) atoms. The van der Waals surface area contributed by atoms with Gasteiger partial charge in [-0.15, -0.1) is 11.3 Å². The Morgan fingerprint density at radius 2 is 1.96 bits per heavy atom. The fraction of sp³-hybridized carbons (Fsp3) is 0.476. The maximum absolute atomic E-state index is 10.4. The summed E-state index contributed by atoms with van der Waals surface area (Å²) in [4.78, 5) is 8.40. The summed E-state index contributed by atoms with van der Waals surface area (Å²) in [5.74, 6) is 1.12. The molecule has 0 aliphatic carbocycles. The van der Waals surface area contributed by atoms with Crippen LogP contribution in [0.5, 0.6) is 5.75 Å². The molecule has 2 N–H and O–H groups in total. The second-order valence-corrected chi connectivity index (χ2v) is 8.91. The Morgan fingerprint density at radius 1 is 1.19 bits per heavy atom. The molecule has 0 bridgehead atoms. The second-order valence-electron chi connectivity index (χ2n) is 7.87. The van der Waals surface area contributed by atoms with E-state index < -0.39 is 0 Å². The summed E-state index contributed by atoms with van der Waals surface area (Å²) in [5, 5.41) is 15.9. The summed E-state index contributed by atoms with van der Waals surface area (Å²) in [7, 11) is 0. The molecule has 5 heteroatoms. The zero-order valence-corrected chi connectivity index (χ0v) is 16.8. The number of thiophene rings is 1. The Kier molecular flexibility index (Phi) is 5.87. The molecule has 1 fully saturated rings. The number of aromatic hydroxyl groups is 1. The third kappa shape index (κ3) is 4.79. The molecular formula is C21H29N3OS. The van der Waals surface area contributed by atoms with Crippen molar-refractivity contribution in [2.45, 2.75) is 52.0 Å². The van der Waals surface area contributed by atoms with E-state index in [1.54, 1.807) is 17.4 Å². The second kappa shape index (κ2) is 8.12. The number of piperidine rings is 1. The number of guanidine groups is 1. The lowest BCUT2D eigenvalue weighted by Crippen LogP contribution is -2.40. The van der Waals surface area contributed by atoms with Gasteiger partial charge in [0.1, 0.15) is 5.75 Å². The number of benzene rings is 1. The number of nitrogens with zero attached hydrogens (tertiary/aromatic N) is 2. The van der Waals surface area contributed by atoms with E-state index in [1.807, 2.05) is 12.1 Å². The molecule has 3 rings (SSSR count). The van der Waals surface area contributed by atoms with Gasteiger partial charge < -0.3 is 15.3 Å². The van der Waals surface area contributed by atoms with Crippen molar-refractivity contribution in [2.75, 3.05) is 18.4 Å². The van der Waals surface area contributed by atoms with Crippen molar-refractivity contribution >= 4 is 23.0 Å². The van der Waals surface area contributed by atoms with Crippen LogP contribution in [0, 0.1) is 0 Å². The first-order chi connectivity index (χ1) is 12.4. The molecule has 1 aliphatic heterocycles. The van der Waals surface area contributed by atoms with Crippen molar-refractivity contribution in [3.63, 3.8) is 0 Å². The minimum atomic E-state index is 0.0313. The maximum Gasteiger partial charge on any atom is 0.198 e. The summed E-state index contributed by atoms with van der Waals surface area (Å²) in [5.41, 5.74) is 1.95. The average Bonchev–Trinajstić information content (AvgIpc) is 3.13. The normalized spacial score (nSPS) is 16.0. The van der Waals surface area contributed by atoms with Crippen LogP contribution < -0.4 is 5.32 Å². The van der Waals surface area contributed by atoms with Crippen molar-refractivity contribution in [1.82, 2.24) is 4.90 Å². The average molecular weight is 372 g/mol. The highest BCUT2D eigenvalue weighted by atomic mass is 32.1.